The van der Waals surface area contributed by atoms with E-state index in [1.54, 1.807) is 0 Å². The standard InChI is InChI=1S/C18H27N3/c1-3-20-18(2,15-19)11-6-7-12-21-13-10-16-8-4-5-9-17(16)14-21/h4-5,8-9,20H,3,6-7,10-14H2,1-2H3. The van der Waals surface area contributed by atoms with Crippen LogP contribution in [0.2, 0.25) is 0 Å². The van der Waals surface area contributed by atoms with Crippen molar-refractivity contribution in [3.63, 3.8) is 0 Å². The topological polar surface area (TPSA) is 39.1 Å². The summed E-state index contributed by atoms with van der Waals surface area (Å²) in [4.78, 5) is 2.54. The van der Waals surface area contributed by atoms with Crippen molar-refractivity contribution in [2.75, 3.05) is 19.6 Å². The fourth-order valence-electron chi connectivity index (χ4n) is 3.13. The van der Waals surface area contributed by atoms with Crippen LogP contribution in [0.1, 0.15) is 44.2 Å². The van der Waals surface area contributed by atoms with Crippen molar-refractivity contribution < 1.29 is 0 Å². The van der Waals surface area contributed by atoms with Gasteiger partial charge in [-0.15, -0.1) is 0 Å². The zero-order valence-electron chi connectivity index (χ0n) is 13.4. The van der Waals surface area contributed by atoms with Gasteiger partial charge in [0.1, 0.15) is 5.54 Å². The van der Waals surface area contributed by atoms with E-state index in [1.807, 2.05) is 6.92 Å². The lowest BCUT2D eigenvalue weighted by molar-refractivity contribution is 0.245. The summed E-state index contributed by atoms with van der Waals surface area (Å²) in [7, 11) is 0. The van der Waals surface area contributed by atoms with E-state index in [2.05, 4.69) is 47.5 Å². The second kappa shape index (κ2) is 7.59. The summed E-state index contributed by atoms with van der Waals surface area (Å²) >= 11 is 0. The third-order valence-electron chi connectivity index (χ3n) is 4.42. The molecule has 0 saturated heterocycles. The molecule has 2 rings (SSSR count). The molecular weight excluding hydrogens is 258 g/mol. The van der Waals surface area contributed by atoms with Crippen molar-refractivity contribution in [3.8, 4) is 6.07 Å². The molecule has 1 aromatic rings. The molecular formula is C18H27N3. The Balaban J connectivity index is 1.72. The second-order valence-corrected chi connectivity index (χ2v) is 6.23. The lowest BCUT2D eigenvalue weighted by Crippen LogP contribution is -2.40. The molecule has 0 saturated carbocycles. The van der Waals surface area contributed by atoms with Gasteiger partial charge < -0.3 is 0 Å². The van der Waals surface area contributed by atoms with E-state index in [0.717, 1.165) is 32.5 Å². The van der Waals surface area contributed by atoms with Gasteiger partial charge in [-0.3, -0.25) is 10.2 Å². The molecule has 0 bridgehead atoms. The fraction of sp³-hybridized carbons (Fsp3) is 0.611. The number of rotatable bonds is 7. The third-order valence-corrected chi connectivity index (χ3v) is 4.42. The summed E-state index contributed by atoms with van der Waals surface area (Å²) < 4.78 is 0. The van der Waals surface area contributed by atoms with Gasteiger partial charge >= 0.3 is 0 Å². The normalized spacial score (nSPS) is 17.8. The molecule has 1 aromatic carbocycles. The molecule has 21 heavy (non-hydrogen) atoms. The van der Waals surface area contributed by atoms with Gasteiger partial charge in [0.2, 0.25) is 0 Å². The Morgan fingerprint density at radius 3 is 2.76 bits per heavy atom. The maximum Gasteiger partial charge on any atom is 0.103 e. The number of hydrogen-bond acceptors (Lipinski definition) is 3. The number of fused-ring (bicyclic) bond motifs is 1. The van der Waals surface area contributed by atoms with Crippen LogP contribution in [0.15, 0.2) is 24.3 Å². The quantitative estimate of drug-likeness (QED) is 0.782. The SMILES string of the molecule is CCNC(C)(C#N)CCCCN1CCc2ccccc2C1. The van der Waals surface area contributed by atoms with Crippen molar-refractivity contribution >= 4 is 0 Å². The maximum atomic E-state index is 9.25. The summed E-state index contributed by atoms with van der Waals surface area (Å²) in [5.41, 5.74) is 2.64. The summed E-state index contributed by atoms with van der Waals surface area (Å²) in [5.74, 6) is 0. The van der Waals surface area contributed by atoms with Crippen LogP contribution in [0, 0.1) is 11.3 Å². The minimum atomic E-state index is -0.358. The molecule has 1 N–H and O–H groups in total. The molecule has 1 aliphatic heterocycles. The van der Waals surface area contributed by atoms with Gasteiger partial charge in [0, 0.05) is 13.1 Å². The molecule has 0 fully saturated rings. The van der Waals surface area contributed by atoms with E-state index in [4.69, 9.17) is 0 Å². The smallest absolute Gasteiger partial charge is 0.103 e. The third kappa shape index (κ3) is 4.56. The summed E-state index contributed by atoms with van der Waals surface area (Å²) in [6, 6.07) is 11.2. The highest BCUT2D eigenvalue weighted by Crippen LogP contribution is 2.19. The first kappa shape index (κ1) is 16.0. The van der Waals surface area contributed by atoms with Gasteiger partial charge in [0.15, 0.2) is 0 Å². The van der Waals surface area contributed by atoms with Crippen molar-refractivity contribution in [3.05, 3.63) is 35.4 Å². The fourth-order valence-corrected chi connectivity index (χ4v) is 3.13. The predicted octanol–water partition coefficient (Wildman–Crippen LogP) is 3.11. The van der Waals surface area contributed by atoms with E-state index >= 15 is 0 Å². The van der Waals surface area contributed by atoms with Crippen molar-refractivity contribution in [1.82, 2.24) is 10.2 Å². The summed E-state index contributed by atoms with van der Waals surface area (Å²) in [6.45, 7) is 8.31. The molecule has 0 aliphatic carbocycles. The van der Waals surface area contributed by atoms with E-state index < -0.39 is 0 Å². The van der Waals surface area contributed by atoms with Crippen molar-refractivity contribution in [2.24, 2.45) is 0 Å². The lowest BCUT2D eigenvalue weighted by atomic mass is 9.96. The predicted molar refractivity (Wildman–Crippen MR) is 87.0 cm³/mol. The number of benzene rings is 1. The largest absolute Gasteiger partial charge is 0.300 e. The highest BCUT2D eigenvalue weighted by atomic mass is 15.1. The molecule has 1 heterocycles. The van der Waals surface area contributed by atoms with E-state index in [0.29, 0.717) is 0 Å². The zero-order valence-corrected chi connectivity index (χ0v) is 13.4. The van der Waals surface area contributed by atoms with Gasteiger partial charge in [0.05, 0.1) is 6.07 Å². The number of nitrogens with one attached hydrogen (secondary N) is 1. The second-order valence-electron chi connectivity index (χ2n) is 6.23. The molecule has 0 radical (unpaired) electrons. The number of unbranched alkanes of at least 4 members (excludes halogenated alkanes) is 1. The van der Waals surface area contributed by atoms with Crippen LogP contribution < -0.4 is 5.32 Å². The molecule has 0 spiro atoms. The van der Waals surface area contributed by atoms with E-state index in [-0.39, 0.29) is 5.54 Å². The molecule has 0 amide bonds. The summed E-state index contributed by atoms with van der Waals surface area (Å²) in [5, 5.41) is 12.5. The van der Waals surface area contributed by atoms with Crippen LogP contribution in [-0.4, -0.2) is 30.1 Å². The average Bonchev–Trinajstić information content (AvgIpc) is 2.52. The molecule has 3 heteroatoms. The molecule has 1 atom stereocenters. The number of nitriles is 1. The van der Waals surface area contributed by atoms with Gasteiger partial charge in [-0.25, -0.2) is 0 Å². The van der Waals surface area contributed by atoms with Gasteiger partial charge in [-0.05, 0) is 56.8 Å². The molecule has 1 unspecified atom stereocenters. The van der Waals surface area contributed by atoms with Crippen molar-refractivity contribution in [1.29, 1.82) is 5.26 Å². The average molecular weight is 285 g/mol. The molecule has 0 aromatic heterocycles. The van der Waals surface area contributed by atoms with Crippen LogP contribution >= 0.6 is 0 Å². The van der Waals surface area contributed by atoms with E-state index in [1.165, 1.54) is 30.5 Å². The van der Waals surface area contributed by atoms with Gasteiger partial charge in [0.25, 0.3) is 0 Å². The Labute approximate surface area is 129 Å². The van der Waals surface area contributed by atoms with Crippen LogP contribution in [0.4, 0.5) is 0 Å². The van der Waals surface area contributed by atoms with Crippen LogP contribution in [-0.2, 0) is 13.0 Å². The highest BCUT2D eigenvalue weighted by Gasteiger charge is 2.21. The number of nitrogens with zero attached hydrogens (tertiary/aromatic N) is 2. The van der Waals surface area contributed by atoms with Gasteiger partial charge in [-0.1, -0.05) is 31.2 Å². The highest BCUT2D eigenvalue weighted by molar-refractivity contribution is 5.28. The molecule has 3 nitrogen and oxygen atoms in total. The lowest BCUT2D eigenvalue weighted by Gasteiger charge is -2.29. The van der Waals surface area contributed by atoms with Crippen LogP contribution in [0.3, 0.4) is 0 Å². The zero-order chi connectivity index (χ0) is 15.1. The minimum absolute atomic E-state index is 0.358. The van der Waals surface area contributed by atoms with E-state index in [9.17, 15) is 5.26 Å². The Hall–Kier alpha value is -1.37. The number of hydrogen-bond donors (Lipinski definition) is 1. The minimum Gasteiger partial charge on any atom is -0.300 e. The monoisotopic (exact) mass is 285 g/mol. The van der Waals surface area contributed by atoms with Crippen LogP contribution in [0.5, 0.6) is 0 Å². The molecule has 114 valence electrons. The van der Waals surface area contributed by atoms with Crippen molar-refractivity contribution in [2.45, 2.75) is 51.6 Å². The maximum absolute atomic E-state index is 9.25. The van der Waals surface area contributed by atoms with Gasteiger partial charge in [-0.2, -0.15) is 5.26 Å². The summed E-state index contributed by atoms with van der Waals surface area (Å²) in [6.07, 6.45) is 4.38. The Bertz CT molecular complexity index is 491. The van der Waals surface area contributed by atoms with Crippen LogP contribution in [0.25, 0.3) is 0 Å². The molecule has 1 aliphatic rings. The first-order valence-electron chi connectivity index (χ1n) is 8.12. The Kier molecular flexibility index (Phi) is 5.78. The first-order chi connectivity index (χ1) is 10.2. The first-order valence-corrected chi connectivity index (χ1v) is 8.12. The Morgan fingerprint density at radius 2 is 2.05 bits per heavy atom. The Morgan fingerprint density at radius 1 is 1.29 bits per heavy atom.